The molecule has 0 aromatic carbocycles. The lowest BCUT2D eigenvalue weighted by atomic mass is 9.77. The Bertz CT molecular complexity index is 301. The van der Waals surface area contributed by atoms with Gasteiger partial charge < -0.3 is 14.8 Å². The molecule has 0 aromatic rings. The van der Waals surface area contributed by atoms with E-state index in [1.807, 2.05) is 0 Å². The van der Waals surface area contributed by atoms with Crippen molar-refractivity contribution >= 4 is 0 Å². The highest BCUT2D eigenvalue weighted by Crippen LogP contribution is 2.42. The van der Waals surface area contributed by atoms with Crippen LogP contribution in [0, 0.1) is 11.3 Å². The molecule has 0 aromatic heterocycles. The van der Waals surface area contributed by atoms with E-state index in [-0.39, 0.29) is 0 Å². The van der Waals surface area contributed by atoms with Crippen molar-refractivity contribution in [2.75, 3.05) is 53.1 Å². The number of hydrogen-bond donors (Lipinski definition) is 1. The van der Waals surface area contributed by atoms with Gasteiger partial charge in [-0.05, 0) is 56.5 Å². The molecule has 3 fully saturated rings. The number of nitrogens with one attached hydrogen (secondary N) is 1. The molecule has 1 atom stereocenters. The molecule has 20 heavy (non-hydrogen) atoms. The summed E-state index contributed by atoms with van der Waals surface area (Å²) in [6, 6.07) is 0.613. The van der Waals surface area contributed by atoms with E-state index in [4.69, 9.17) is 9.47 Å². The SMILES string of the molecule is COCCN1CC2(CCNCC2)C[C@@H]1COCC1CC1. The average Bonchev–Trinajstić information content (AvgIpc) is 3.22. The second-order valence-electron chi connectivity index (χ2n) is 7.05. The van der Waals surface area contributed by atoms with Gasteiger partial charge in [0.1, 0.15) is 0 Å². The van der Waals surface area contributed by atoms with Crippen LogP contribution >= 0.6 is 0 Å². The van der Waals surface area contributed by atoms with Crippen molar-refractivity contribution in [3.8, 4) is 0 Å². The first-order valence-electron chi connectivity index (χ1n) is 8.33. The minimum absolute atomic E-state index is 0.548. The Hall–Kier alpha value is -0.160. The molecule has 4 heteroatoms. The molecule has 1 spiro atoms. The topological polar surface area (TPSA) is 33.7 Å². The fourth-order valence-electron chi connectivity index (χ4n) is 3.86. The van der Waals surface area contributed by atoms with E-state index < -0.39 is 0 Å². The van der Waals surface area contributed by atoms with E-state index >= 15 is 0 Å². The highest BCUT2D eigenvalue weighted by molar-refractivity contribution is 4.98. The third-order valence-corrected chi connectivity index (χ3v) is 5.33. The number of methoxy groups -OCH3 is 1. The van der Waals surface area contributed by atoms with E-state index in [0.29, 0.717) is 11.5 Å². The van der Waals surface area contributed by atoms with Crippen LogP contribution in [-0.2, 0) is 9.47 Å². The van der Waals surface area contributed by atoms with Gasteiger partial charge in [0, 0.05) is 32.8 Å². The summed E-state index contributed by atoms with van der Waals surface area (Å²) < 4.78 is 11.3. The standard InChI is InChI=1S/C16H30N2O2/c1-19-9-8-18-13-16(4-6-17-7-5-16)10-15(18)12-20-11-14-2-3-14/h14-15,17H,2-13H2,1H3/t15-/m1/s1. The van der Waals surface area contributed by atoms with Gasteiger partial charge in [0.25, 0.3) is 0 Å². The summed E-state index contributed by atoms with van der Waals surface area (Å²) in [6.07, 6.45) is 6.75. The number of piperidine rings is 1. The molecular formula is C16H30N2O2. The summed E-state index contributed by atoms with van der Waals surface area (Å²) in [5.41, 5.74) is 0.548. The van der Waals surface area contributed by atoms with Crippen LogP contribution in [0.25, 0.3) is 0 Å². The first-order chi connectivity index (χ1) is 9.81. The van der Waals surface area contributed by atoms with Crippen molar-refractivity contribution in [3.05, 3.63) is 0 Å². The van der Waals surface area contributed by atoms with Gasteiger partial charge in [0.2, 0.25) is 0 Å². The van der Waals surface area contributed by atoms with Crippen molar-refractivity contribution < 1.29 is 9.47 Å². The zero-order chi connectivity index (χ0) is 13.8. The quantitative estimate of drug-likeness (QED) is 0.767. The fourth-order valence-corrected chi connectivity index (χ4v) is 3.86. The Morgan fingerprint density at radius 1 is 1.20 bits per heavy atom. The van der Waals surface area contributed by atoms with Crippen LogP contribution in [0.3, 0.4) is 0 Å². The number of nitrogens with zero attached hydrogens (tertiary/aromatic N) is 1. The summed E-state index contributed by atoms with van der Waals surface area (Å²) >= 11 is 0. The summed E-state index contributed by atoms with van der Waals surface area (Å²) in [7, 11) is 1.80. The van der Waals surface area contributed by atoms with Gasteiger partial charge in [-0.3, -0.25) is 4.90 Å². The maximum absolute atomic E-state index is 5.99. The molecule has 116 valence electrons. The summed E-state index contributed by atoms with van der Waals surface area (Å²) in [4.78, 5) is 2.63. The number of hydrogen-bond acceptors (Lipinski definition) is 4. The van der Waals surface area contributed by atoms with Crippen molar-refractivity contribution in [2.45, 2.75) is 38.1 Å². The molecule has 0 bridgehead atoms. The molecule has 2 saturated heterocycles. The third-order valence-electron chi connectivity index (χ3n) is 5.33. The van der Waals surface area contributed by atoms with Crippen molar-refractivity contribution in [1.82, 2.24) is 10.2 Å². The minimum atomic E-state index is 0.548. The molecule has 4 nitrogen and oxygen atoms in total. The van der Waals surface area contributed by atoms with Gasteiger partial charge in [-0.1, -0.05) is 0 Å². The summed E-state index contributed by atoms with van der Waals surface area (Å²) in [6.45, 7) is 7.44. The van der Waals surface area contributed by atoms with Gasteiger partial charge in [-0.25, -0.2) is 0 Å². The maximum atomic E-state index is 5.99. The lowest BCUT2D eigenvalue weighted by Gasteiger charge is -2.33. The number of ether oxygens (including phenoxy) is 2. The zero-order valence-electron chi connectivity index (χ0n) is 12.9. The van der Waals surface area contributed by atoms with Crippen LogP contribution in [0.5, 0.6) is 0 Å². The monoisotopic (exact) mass is 282 g/mol. The van der Waals surface area contributed by atoms with Crippen LogP contribution < -0.4 is 5.32 Å². The normalized spacial score (nSPS) is 30.1. The molecule has 3 aliphatic rings. The molecule has 3 rings (SSSR count). The van der Waals surface area contributed by atoms with Crippen molar-refractivity contribution in [2.24, 2.45) is 11.3 Å². The maximum Gasteiger partial charge on any atom is 0.0622 e. The van der Waals surface area contributed by atoms with Gasteiger partial charge in [-0.15, -0.1) is 0 Å². The second-order valence-corrected chi connectivity index (χ2v) is 7.05. The highest BCUT2D eigenvalue weighted by Gasteiger charge is 2.44. The molecule has 0 amide bonds. The van der Waals surface area contributed by atoms with Crippen LogP contribution in [0.15, 0.2) is 0 Å². The van der Waals surface area contributed by atoms with Gasteiger partial charge in [-0.2, -0.15) is 0 Å². The van der Waals surface area contributed by atoms with Crippen molar-refractivity contribution in [3.63, 3.8) is 0 Å². The largest absolute Gasteiger partial charge is 0.383 e. The van der Waals surface area contributed by atoms with E-state index in [2.05, 4.69) is 10.2 Å². The van der Waals surface area contributed by atoms with Gasteiger partial charge >= 0.3 is 0 Å². The lowest BCUT2D eigenvalue weighted by molar-refractivity contribution is 0.0595. The predicted octanol–water partition coefficient (Wildman–Crippen LogP) is 1.50. The molecule has 1 saturated carbocycles. The van der Waals surface area contributed by atoms with Crippen LogP contribution in [-0.4, -0.2) is 64.1 Å². The number of rotatable bonds is 7. The lowest BCUT2D eigenvalue weighted by Crippen LogP contribution is -2.39. The van der Waals surface area contributed by atoms with Crippen LogP contribution in [0.4, 0.5) is 0 Å². The summed E-state index contributed by atoms with van der Waals surface area (Å²) in [5, 5.41) is 3.50. The Balaban J connectivity index is 1.52. The zero-order valence-corrected chi connectivity index (χ0v) is 12.9. The minimum Gasteiger partial charge on any atom is -0.383 e. The smallest absolute Gasteiger partial charge is 0.0622 e. The van der Waals surface area contributed by atoms with E-state index in [0.717, 1.165) is 32.3 Å². The Kier molecular flexibility index (Phi) is 4.97. The molecular weight excluding hydrogens is 252 g/mol. The first-order valence-corrected chi connectivity index (χ1v) is 8.33. The summed E-state index contributed by atoms with van der Waals surface area (Å²) in [5.74, 6) is 0.872. The van der Waals surface area contributed by atoms with Gasteiger partial charge in [0.15, 0.2) is 0 Å². The Morgan fingerprint density at radius 2 is 2.00 bits per heavy atom. The Labute approximate surface area is 123 Å². The Morgan fingerprint density at radius 3 is 2.70 bits per heavy atom. The molecule has 0 radical (unpaired) electrons. The van der Waals surface area contributed by atoms with E-state index in [1.54, 1.807) is 7.11 Å². The van der Waals surface area contributed by atoms with E-state index in [9.17, 15) is 0 Å². The molecule has 2 heterocycles. The highest BCUT2D eigenvalue weighted by atomic mass is 16.5. The molecule has 0 unspecified atom stereocenters. The van der Waals surface area contributed by atoms with Crippen molar-refractivity contribution in [1.29, 1.82) is 0 Å². The average molecular weight is 282 g/mol. The first kappa shape index (κ1) is 14.8. The molecule has 1 N–H and O–H groups in total. The van der Waals surface area contributed by atoms with Crippen LogP contribution in [0.1, 0.15) is 32.1 Å². The molecule has 1 aliphatic carbocycles. The third kappa shape index (κ3) is 3.73. The van der Waals surface area contributed by atoms with Gasteiger partial charge in [0.05, 0.1) is 13.2 Å². The second kappa shape index (κ2) is 6.73. The molecule has 2 aliphatic heterocycles. The number of likely N-dealkylation sites (tertiary alicyclic amines) is 1. The fraction of sp³-hybridized carbons (Fsp3) is 1.00. The van der Waals surface area contributed by atoms with Crippen LogP contribution in [0.2, 0.25) is 0 Å². The van der Waals surface area contributed by atoms with E-state index in [1.165, 1.54) is 51.7 Å². The predicted molar refractivity (Wildman–Crippen MR) is 79.9 cm³/mol.